The predicted octanol–water partition coefficient (Wildman–Crippen LogP) is 3.79. The molecule has 1 aromatic heterocycles. The Labute approximate surface area is 122 Å². The highest BCUT2D eigenvalue weighted by atomic mass is 35.5. The van der Waals surface area contributed by atoms with Gasteiger partial charge in [-0.1, -0.05) is 43.8 Å². The fourth-order valence-electron chi connectivity index (χ4n) is 1.50. The van der Waals surface area contributed by atoms with Gasteiger partial charge in [0, 0.05) is 18.0 Å². The third-order valence-electron chi connectivity index (χ3n) is 2.36. The van der Waals surface area contributed by atoms with Gasteiger partial charge < -0.3 is 4.90 Å². The summed E-state index contributed by atoms with van der Waals surface area (Å²) >= 11 is 7.53. The maximum absolute atomic E-state index is 5.96. The molecular formula is C13H15ClN4S. The molecule has 0 spiro atoms. The smallest absolute Gasteiger partial charge is 0.234 e. The minimum atomic E-state index is 0.218. The van der Waals surface area contributed by atoms with E-state index in [0.29, 0.717) is 16.4 Å². The van der Waals surface area contributed by atoms with E-state index in [4.69, 9.17) is 11.6 Å². The first-order valence-electron chi connectivity index (χ1n) is 5.93. The van der Waals surface area contributed by atoms with Crippen LogP contribution in [0.2, 0.25) is 5.28 Å². The fourth-order valence-corrected chi connectivity index (χ4v) is 2.40. The van der Waals surface area contributed by atoms with Crippen LogP contribution < -0.4 is 4.90 Å². The Morgan fingerprint density at radius 2 is 1.79 bits per heavy atom. The van der Waals surface area contributed by atoms with Crippen molar-refractivity contribution < 1.29 is 0 Å². The van der Waals surface area contributed by atoms with Crippen molar-refractivity contribution in [1.82, 2.24) is 15.0 Å². The highest BCUT2D eigenvalue weighted by Crippen LogP contribution is 2.25. The van der Waals surface area contributed by atoms with Crippen molar-refractivity contribution in [2.45, 2.75) is 24.3 Å². The van der Waals surface area contributed by atoms with Crippen LogP contribution in [0.5, 0.6) is 0 Å². The molecule has 1 aromatic carbocycles. The van der Waals surface area contributed by atoms with E-state index in [1.54, 1.807) is 11.8 Å². The van der Waals surface area contributed by atoms with Gasteiger partial charge in [-0.3, -0.25) is 0 Å². The van der Waals surface area contributed by atoms with Crippen LogP contribution in [0.1, 0.15) is 13.8 Å². The minimum absolute atomic E-state index is 0.218. The summed E-state index contributed by atoms with van der Waals surface area (Å²) in [6.07, 6.45) is 0. The maximum atomic E-state index is 5.96. The molecule has 0 aliphatic heterocycles. The maximum Gasteiger partial charge on any atom is 0.234 e. The normalized spacial score (nSPS) is 10.8. The van der Waals surface area contributed by atoms with Crippen LogP contribution in [-0.2, 0) is 0 Å². The number of aromatic nitrogens is 3. The number of benzene rings is 1. The first-order valence-corrected chi connectivity index (χ1v) is 7.19. The van der Waals surface area contributed by atoms with Crippen LogP contribution >= 0.6 is 23.4 Å². The van der Waals surface area contributed by atoms with E-state index in [2.05, 4.69) is 28.8 Å². The number of rotatable bonds is 4. The summed E-state index contributed by atoms with van der Waals surface area (Å²) in [7, 11) is 1.91. The molecular weight excluding hydrogens is 280 g/mol. The molecule has 1 heterocycles. The third kappa shape index (κ3) is 3.81. The molecule has 0 saturated heterocycles. The van der Waals surface area contributed by atoms with Gasteiger partial charge in [0.2, 0.25) is 11.2 Å². The van der Waals surface area contributed by atoms with Gasteiger partial charge >= 0.3 is 0 Å². The Morgan fingerprint density at radius 1 is 1.11 bits per heavy atom. The van der Waals surface area contributed by atoms with Crippen LogP contribution in [0.4, 0.5) is 11.6 Å². The topological polar surface area (TPSA) is 41.9 Å². The summed E-state index contributed by atoms with van der Waals surface area (Å²) in [4.78, 5) is 14.6. The van der Waals surface area contributed by atoms with Crippen LogP contribution in [0.3, 0.4) is 0 Å². The molecule has 0 bridgehead atoms. The third-order valence-corrected chi connectivity index (χ3v) is 3.39. The molecule has 2 aromatic rings. The summed E-state index contributed by atoms with van der Waals surface area (Å²) in [6, 6.07) is 9.90. The summed E-state index contributed by atoms with van der Waals surface area (Å²) in [5.74, 6) is 0.550. The molecule has 2 rings (SSSR count). The van der Waals surface area contributed by atoms with Gasteiger partial charge in [-0.2, -0.15) is 15.0 Å². The lowest BCUT2D eigenvalue weighted by molar-refractivity contribution is 0.875. The molecule has 0 amide bonds. The highest BCUT2D eigenvalue weighted by Gasteiger charge is 2.12. The van der Waals surface area contributed by atoms with Gasteiger partial charge in [-0.15, -0.1) is 0 Å². The number of para-hydroxylation sites is 1. The molecule has 0 radical (unpaired) electrons. The fraction of sp³-hybridized carbons (Fsp3) is 0.308. The van der Waals surface area contributed by atoms with Crippen LogP contribution in [0, 0.1) is 0 Å². The summed E-state index contributed by atoms with van der Waals surface area (Å²) < 4.78 is 0. The van der Waals surface area contributed by atoms with Gasteiger partial charge in [-0.25, -0.2) is 0 Å². The molecule has 0 fully saturated rings. The number of hydrogen-bond acceptors (Lipinski definition) is 5. The number of nitrogens with zero attached hydrogens (tertiary/aromatic N) is 4. The molecule has 6 heteroatoms. The first-order chi connectivity index (χ1) is 9.06. The van der Waals surface area contributed by atoms with E-state index >= 15 is 0 Å². The van der Waals surface area contributed by atoms with Crippen LogP contribution in [-0.4, -0.2) is 27.2 Å². The van der Waals surface area contributed by atoms with Crippen molar-refractivity contribution in [3.05, 3.63) is 35.6 Å². The quantitative estimate of drug-likeness (QED) is 0.803. The summed E-state index contributed by atoms with van der Waals surface area (Å²) in [5, 5.41) is 1.26. The zero-order valence-electron chi connectivity index (χ0n) is 11.0. The number of thioether (sulfide) groups is 1. The first kappa shape index (κ1) is 14.1. The lowest BCUT2D eigenvalue weighted by Crippen LogP contribution is -2.14. The van der Waals surface area contributed by atoms with E-state index in [1.165, 1.54) is 0 Å². The van der Waals surface area contributed by atoms with E-state index in [0.717, 1.165) is 5.69 Å². The van der Waals surface area contributed by atoms with Gasteiger partial charge in [-0.05, 0) is 23.7 Å². The van der Waals surface area contributed by atoms with Crippen molar-refractivity contribution in [3.8, 4) is 0 Å². The summed E-state index contributed by atoms with van der Waals surface area (Å²) in [5.41, 5.74) is 1.00. The van der Waals surface area contributed by atoms with Gasteiger partial charge in [0.15, 0.2) is 5.16 Å². The Morgan fingerprint density at radius 3 is 2.42 bits per heavy atom. The second-order valence-corrected chi connectivity index (χ2v) is 6.13. The molecule has 4 nitrogen and oxygen atoms in total. The second kappa shape index (κ2) is 6.21. The van der Waals surface area contributed by atoms with Crippen molar-refractivity contribution in [1.29, 1.82) is 0 Å². The van der Waals surface area contributed by atoms with Gasteiger partial charge in [0.1, 0.15) is 0 Å². The Balaban J connectivity index is 2.31. The van der Waals surface area contributed by atoms with E-state index in [-0.39, 0.29) is 5.28 Å². The number of halogens is 1. The van der Waals surface area contributed by atoms with Crippen molar-refractivity contribution in [3.63, 3.8) is 0 Å². The highest BCUT2D eigenvalue weighted by molar-refractivity contribution is 7.99. The molecule has 0 unspecified atom stereocenters. The monoisotopic (exact) mass is 294 g/mol. The van der Waals surface area contributed by atoms with E-state index in [9.17, 15) is 0 Å². The molecule has 0 aliphatic rings. The molecule has 0 saturated carbocycles. The van der Waals surface area contributed by atoms with Crippen molar-refractivity contribution in [2.24, 2.45) is 0 Å². The van der Waals surface area contributed by atoms with Gasteiger partial charge in [0.25, 0.3) is 0 Å². The zero-order chi connectivity index (χ0) is 13.8. The van der Waals surface area contributed by atoms with E-state index in [1.807, 2.05) is 42.3 Å². The standard InChI is InChI=1S/C13H15ClN4S/c1-9(2)19-13-16-11(14)15-12(17-13)18(3)10-7-5-4-6-8-10/h4-9H,1-3H3. The molecule has 19 heavy (non-hydrogen) atoms. The lowest BCUT2D eigenvalue weighted by atomic mass is 10.3. The average molecular weight is 295 g/mol. The van der Waals surface area contributed by atoms with Crippen LogP contribution in [0.15, 0.2) is 35.5 Å². The molecule has 0 aliphatic carbocycles. The Hall–Kier alpha value is -1.33. The molecule has 0 N–H and O–H groups in total. The number of anilines is 2. The Kier molecular flexibility index (Phi) is 4.61. The SMILES string of the molecule is CC(C)Sc1nc(Cl)nc(N(C)c2ccccc2)n1. The zero-order valence-corrected chi connectivity index (χ0v) is 12.6. The minimum Gasteiger partial charge on any atom is -0.313 e. The number of hydrogen-bond donors (Lipinski definition) is 0. The second-order valence-electron chi connectivity index (χ2n) is 4.25. The molecule has 0 atom stereocenters. The van der Waals surface area contributed by atoms with Crippen molar-refractivity contribution in [2.75, 3.05) is 11.9 Å². The Bertz CT molecular complexity index is 548. The predicted molar refractivity (Wildman–Crippen MR) is 80.3 cm³/mol. The van der Waals surface area contributed by atoms with Crippen molar-refractivity contribution >= 4 is 35.0 Å². The summed E-state index contributed by atoms with van der Waals surface area (Å²) in [6.45, 7) is 4.17. The molecule has 100 valence electrons. The van der Waals surface area contributed by atoms with E-state index < -0.39 is 0 Å². The largest absolute Gasteiger partial charge is 0.313 e. The van der Waals surface area contributed by atoms with Crippen LogP contribution in [0.25, 0.3) is 0 Å². The lowest BCUT2D eigenvalue weighted by Gasteiger charge is -2.17. The van der Waals surface area contributed by atoms with Gasteiger partial charge in [0.05, 0.1) is 0 Å². The average Bonchev–Trinajstić information content (AvgIpc) is 2.37.